The average molecular weight is 318 g/mol. The highest BCUT2D eigenvalue weighted by Gasteiger charge is 2.73. The molecule has 0 bridgehead atoms. The summed E-state index contributed by atoms with van der Waals surface area (Å²) in [6.07, 6.45) is 7.60. The molecule has 3 rings (SSSR count). The largest absolute Gasteiger partial charge is 0.481 e. The van der Waals surface area contributed by atoms with Crippen LogP contribution in [0.3, 0.4) is 0 Å². The number of allylic oxidation sites excluding steroid dienone is 1. The Balaban J connectivity index is 1.93. The van der Waals surface area contributed by atoms with Crippen LogP contribution in [-0.2, 0) is 9.53 Å². The van der Waals surface area contributed by atoms with E-state index < -0.39 is 5.97 Å². The molecule has 1 N–H and O–H groups in total. The molecule has 0 unspecified atom stereocenters. The monoisotopic (exact) mass is 318 g/mol. The summed E-state index contributed by atoms with van der Waals surface area (Å²) in [4.78, 5) is 11.2. The summed E-state index contributed by atoms with van der Waals surface area (Å²) in [5.74, 6) is 0.129. The fourth-order valence-corrected chi connectivity index (χ4v) is 5.91. The fourth-order valence-electron chi connectivity index (χ4n) is 5.91. The number of rotatable bonds is 5. The SMILES string of the molecule is C=C[C@@]1(C)CC[C@@H]2[C@@](C)(CCC(=O)O)[C@H](C(=C)C)CC[C@@]23O[C@H]31. The van der Waals surface area contributed by atoms with Gasteiger partial charge in [-0.1, -0.05) is 32.1 Å². The van der Waals surface area contributed by atoms with Crippen LogP contribution in [0, 0.1) is 22.7 Å². The smallest absolute Gasteiger partial charge is 0.303 e. The molecule has 1 aliphatic heterocycles. The average Bonchev–Trinajstić information content (AvgIpc) is 3.21. The first kappa shape index (κ1) is 16.8. The summed E-state index contributed by atoms with van der Waals surface area (Å²) in [6.45, 7) is 14.9. The molecule has 1 saturated heterocycles. The van der Waals surface area contributed by atoms with E-state index in [1.165, 1.54) is 5.57 Å². The summed E-state index contributed by atoms with van der Waals surface area (Å²) in [5, 5.41) is 9.21. The van der Waals surface area contributed by atoms with Crippen molar-refractivity contribution in [1.82, 2.24) is 0 Å². The Hall–Kier alpha value is -1.09. The van der Waals surface area contributed by atoms with E-state index in [9.17, 15) is 9.90 Å². The van der Waals surface area contributed by atoms with Crippen LogP contribution in [0.2, 0.25) is 0 Å². The predicted molar refractivity (Wildman–Crippen MR) is 91.1 cm³/mol. The third kappa shape index (κ3) is 2.31. The zero-order valence-electron chi connectivity index (χ0n) is 14.7. The van der Waals surface area contributed by atoms with Crippen LogP contribution in [0.4, 0.5) is 0 Å². The highest BCUT2D eigenvalue weighted by atomic mass is 16.6. The zero-order chi connectivity index (χ0) is 17.0. The van der Waals surface area contributed by atoms with E-state index in [4.69, 9.17) is 4.74 Å². The van der Waals surface area contributed by atoms with Crippen molar-refractivity contribution < 1.29 is 14.6 Å². The van der Waals surface area contributed by atoms with Crippen LogP contribution >= 0.6 is 0 Å². The van der Waals surface area contributed by atoms with Gasteiger partial charge in [-0.15, -0.1) is 6.58 Å². The van der Waals surface area contributed by atoms with E-state index in [2.05, 4.69) is 40.0 Å². The van der Waals surface area contributed by atoms with Crippen LogP contribution in [-0.4, -0.2) is 22.8 Å². The molecular formula is C20H30O3. The van der Waals surface area contributed by atoms with Crippen LogP contribution < -0.4 is 0 Å². The topological polar surface area (TPSA) is 49.8 Å². The third-order valence-corrected chi connectivity index (χ3v) is 7.24. The molecule has 3 fully saturated rings. The fraction of sp³-hybridized carbons (Fsp3) is 0.750. The van der Waals surface area contributed by atoms with Crippen LogP contribution in [0.15, 0.2) is 24.8 Å². The van der Waals surface area contributed by atoms with Gasteiger partial charge in [-0.25, -0.2) is 0 Å². The van der Waals surface area contributed by atoms with Gasteiger partial charge in [0.2, 0.25) is 0 Å². The second-order valence-electron chi connectivity index (χ2n) is 8.59. The van der Waals surface area contributed by atoms with Crippen molar-refractivity contribution in [2.45, 2.75) is 71.0 Å². The lowest BCUT2D eigenvalue weighted by molar-refractivity contribution is -0.139. The number of carboxylic acid groups (broad SMARTS) is 1. The van der Waals surface area contributed by atoms with Crippen LogP contribution in [0.1, 0.15) is 59.3 Å². The number of hydrogen-bond acceptors (Lipinski definition) is 2. The molecule has 0 radical (unpaired) electrons. The van der Waals surface area contributed by atoms with E-state index in [-0.39, 0.29) is 29.0 Å². The second-order valence-corrected chi connectivity index (χ2v) is 8.59. The van der Waals surface area contributed by atoms with E-state index in [0.29, 0.717) is 18.3 Å². The summed E-state index contributed by atoms with van der Waals surface area (Å²) < 4.78 is 6.36. The first-order valence-corrected chi connectivity index (χ1v) is 8.88. The van der Waals surface area contributed by atoms with E-state index in [0.717, 1.165) is 25.7 Å². The van der Waals surface area contributed by atoms with Crippen molar-refractivity contribution >= 4 is 5.97 Å². The Labute approximate surface area is 139 Å². The Morgan fingerprint density at radius 1 is 1.35 bits per heavy atom. The Morgan fingerprint density at radius 2 is 2.04 bits per heavy atom. The van der Waals surface area contributed by atoms with Crippen molar-refractivity contribution in [3.8, 4) is 0 Å². The van der Waals surface area contributed by atoms with Gasteiger partial charge in [0.25, 0.3) is 0 Å². The molecular weight excluding hydrogens is 288 g/mol. The van der Waals surface area contributed by atoms with Gasteiger partial charge in [0.1, 0.15) is 0 Å². The maximum absolute atomic E-state index is 11.2. The zero-order valence-corrected chi connectivity index (χ0v) is 14.7. The van der Waals surface area contributed by atoms with Gasteiger partial charge in [-0.2, -0.15) is 0 Å². The minimum absolute atomic E-state index is 0.0281. The molecule has 0 aromatic rings. The number of carbonyl (C=O) groups is 1. The van der Waals surface area contributed by atoms with E-state index >= 15 is 0 Å². The molecule has 23 heavy (non-hydrogen) atoms. The van der Waals surface area contributed by atoms with Gasteiger partial charge >= 0.3 is 5.97 Å². The summed E-state index contributed by atoms with van der Waals surface area (Å²) in [6, 6.07) is 0. The van der Waals surface area contributed by atoms with Crippen LogP contribution in [0.5, 0.6) is 0 Å². The van der Waals surface area contributed by atoms with Crippen molar-refractivity contribution in [2.24, 2.45) is 22.7 Å². The van der Waals surface area contributed by atoms with Gasteiger partial charge in [0.15, 0.2) is 0 Å². The number of epoxide rings is 1. The quantitative estimate of drug-likeness (QED) is 0.596. The number of carboxylic acids is 1. The number of ether oxygens (including phenoxy) is 1. The normalized spacial score (nSPS) is 48.0. The lowest BCUT2D eigenvalue weighted by Gasteiger charge is -2.54. The molecule has 0 aromatic carbocycles. The molecule has 6 atom stereocenters. The highest BCUT2D eigenvalue weighted by molar-refractivity contribution is 5.66. The Bertz CT molecular complexity index is 553. The first-order chi connectivity index (χ1) is 10.7. The minimum Gasteiger partial charge on any atom is -0.481 e. The van der Waals surface area contributed by atoms with E-state index in [1.54, 1.807) is 0 Å². The van der Waals surface area contributed by atoms with Crippen molar-refractivity contribution in [3.63, 3.8) is 0 Å². The number of hydrogen-bond donors (Lipinski definition) is 1. The molecule has 1 spiro atoms. The summed E-state index contributed by atoms with van der Waals surface area (Å²) in [7, 11) is 0. The van der Waals surface area contributed by atoms with Gasteiger partial charge in [-0.3, -0.25) is 4.79 Å². The number of aliphatic carboxylic acids is 1. The van der Waals surface area contributed by atoms with Crippen molar-refractivity contribution in [2.75, 3.05) is 0 Å². The van der Waals surface area contributed by atoms with Gasteiger partial charge in [0.05, 0.1) is 11.7 Å². The standard InChI is InChI=1S/C20H30O3/c1-6-18(4)10-8-15-19(5,11-9-16(21)22)14(13(2)3)7-12-20(15)17(18)23-20/h6,14-15,17H,1-2,7-12H2,3-5H3,(H,21,22)/t14-,15+,17-,18-,19-,20+/m0/s1. The second kappa shape index (κ2) is 5.20. The molecule has 3 heteroatoms. The maximum Gasteiger partial charge on any atom is 0.303 e. The minimum atomic E-state index is -0.702. The van der Waals surface area contributed by atoms with Gasteiger partial charge in [-0.05, 0) is 56.3 Å². The third-order valence-electron chi connectivity index (χ3n) is 7.24. The lowest BCUT2D eigenvalue weighted by Crippen LogP contribution is -2.53. The van der Waals surface area contributed by atoms with Crippen molar-refractivity contribution in [3.05, 3.63) is 24.8 Å². The predicted octanol–water partition coefficient (Wildman–Crippen LogP) is 4.58. The first-order valence-electron chi connectivity index (χ1n) is 8.88. The molecule has 2 aliphatic carbocycles. The van der Waals surface area contributed by atoms with Crippen molar-refractivity contribution in [1.29, 1.82) is 0 Å². The highest BCUT2D eigenvalue weighted by Crippen LogP contribution is 2.70. The van der Waals surface area contributed by atoms with Gasteiger partial charge < -0.3 is 9.84 Å². The summed E-state index contributed by atoms with van der Waals surface area (Å²) in [5.41, 5.74) is 1.20. The molecule has 3 aliphatic rings. The summed E-state index contributed by atoms with van der Waals surface area (Å²) >= 11 is 0. The Morgan fingerprint density at radius 3 is 2.61 bits per heavy atom. The Kier molecular flexibility index (Phi) is 3.79. The van der Waals surface area contributed by atoms with Crippen LogP contribution in [0.25, 0.3) is 0 Å². The molecule has 3 nitrogen and oxygen atoms in total. The maximum atomic E-state index is 11.2. The van der Waals surface area contributed by atoms with E-state index in [1.807, 2.05) is 0 Å². The molecule has 0 amide bonds. The molecule has 2 saturated carbocycles. The molecule has 0 aromatic heterocycles. The molecule has 128 valence electrons. The van der Waals surface area contributed by atoms with Gasteiger partial charge in [0, 0.05) is 11.8 Å². The molecule has 1 heterocycles. The lowest BCUT2D eigenvalue weighted by atomic mass is 9.48.